The molecule has 0 aliphatic carbocycles. The topological polar surface area (TPSA) is 32.3 Å². The number of hydrogen-bond acceptors (Lipinski definition) is 2. The molecule has 1 fully saturated rings. The summed E-state index contributed by atoms with van der Waals surface area (Å²) in [5.74, 6) is -0.264. The molecule has 0 spiro atoms. The first-order valence-electron chi connectivity index (χ1n) is 4.94. The molecule has 2 atom stereocenters. The van der Waals surface area contributed by atoms with E-state index in [0.717, 1.165) is 24.9 Å². The average Bonchev–Trinajstić information content (AvgIpc) is 2.71. The van der Waals surface area contributed by atoms with Crippen LogP contribution >= 0.6 is 0 Å². The highest BCUT2D eigenvalue weighted by atomic mass is 19.1. The van der Waals surface area contributed by atoms with Crippen molar-refractivity contribution in [2.24, 2.45) is 0 Å². The second-order valence-corrected chi connectivity index (χ2v) is 3.70. The van der Waals surface area contributed by atoms with Crippen LogP contribution in [0.25, 0.3) is 0 Å². The fraction of sp³-hybridized carbons (Fsp3) is 0.455. The Bertz CT molecular complexity index is 293. The summed E-state index contributed by atoms with van der Waals surface area (Å²) in [5.41, 5.74) is 0.783. The van der Waals surface area contributed by atoms with Crippen LogP contribution in [0.15, 0.2) is 24.3 Å². The quantitative estimate of drug-likeness (QED) is 0.751. The summed E-state index contributed by atoms with van der Waals surface area (Å²) in [7, 11) is 0. The lowest BCUT2D eigenvalue weighted by molar-refractivity contribution is 0.137. The molecule has 1 heterocycles. The van der Waals surface area contributed by atoms with Crippen LogP contribution in [-0.2, 0) is 0 Å². The summed E-state index contributed by atoms with van der Waals surface area (Å²) >= 11 is 0. The first-order chi connectivity index (χ1) is 6.77. The van der Waals surface area contributed by atoms with Crippen molar-refractivity contribution in [2.45, 2.75) is 25.0 Å². The Kier molecular flexibility index (Phi) is 2.79. The molecule has 0 bridgehead atoms. The van der Waals surface area contributed by atoms with E-state index in [2.05, 4.69) is 5.32 Å². The fourth-order valence-electron chi connectivity index (χ4n) is 1.87. The van der Waals surface area contributed by atoms with E-state index in [9.17, 15) is 9.50 Å². The van der Waals surface area contributed by atoms with Crippen molar-refractivity contribution in [3.8, 4) is 0 Å². The third-order valence-electron chi connectivity index (χ3n) is 2.69. The highest BCUT2D eigenvalue weighted by molar-refractivity contribution is 5.20. The largest absolute Gasteiger partial charge is 0.387 e. The van der Waals surface area contributed by atoms with Gasteiger partial charge in [-0.1, -0.05) is 12.1 Å². The lowest BCUT2D eigenvalue weighted by Crippen LogP contribution is -2.28. The lowest BCUT2D eigenvalue weighted by atomic mass is 10.0. The first-order valence-corrected chi connectivity index (χ1v) is 4.94. The normalized spacial score (nSPS) is 23.7. The van der Waals surface area contributed by atoms with Crippen LogP contribution in [0.2, 0.25) is 0 Å². The van der Waals surface area contributed by atoms with Gasteiger partial charge in [-0.05, 0) is 37.1 Å². The summed E-state index contributed by atoms with van der Waals surface area (Å²) in [6.45, 7) is 0.961. The Morgan fingerprint density at radius 1 is 1.36 bits per heavy atom. The number of nitrogens with one attached hydrogen (secondary N) is 1. The van der Waals surface area contributed by atoms with Crippen molar-refractivity contribution < 1.29 is 9.50 Å². The molecule has 76 valence electrons. The van der Waals surface area contributed by atoms with Crippen LogP contribution in [0.4, 0.5) is 4.39 Å². The average molecular weight is 195 g/mol. The van der Waals surface area contributed by atoms with Gasteiger partial charge in [-0.25, -0.2) is 4.39 Å². The van der Waals surface area contributed by atoms with Crippen LogP contribution in [0.3, 0.4) is 0 Å². The summed E-state index contributed by atoms with van der Waals surface area (Å²) in [5, 5.41) is 13.2. The van der Waals surface area contributed by atoms with Crippen LogP contribution in [0.5, 0.6) is 0 Å². The van der Waals surface area contributed by atoms with Crippen LogP contribution in [0, 0.1) is 5.82 Å². The third-order valence-corrected chi connectivity index (χ3v) is 2.69. The maximum absolute atomic E-state index is 12.6. The molecule has 0 unspecified atom stereocenters. The Morgan fingerprint density at radius 2 is 2.07 bits per heavy atom. The van der Waals surface area contributed by atoms with E-state index in [1.54, 1.807) is 12.1 Å². The lowest BCUT2D eigenvalue weighted by Gasteiger charge is -2.18. The van der Waals surface area contributed by atoms with Crippen molar-refractivity contribution in [3.63, 3.8) is 0 Å². The smallest absolute Gasteiger partial charge is 0.123 e. The minimum atomic E-state index is -0.516. The molecule has 1 aromatic carbocycles. The predicted molar refractivity (Wildman–Crippen MR) is 52.4 cm³/mol. The summed E-state index contributed by atoms with van der Waals surface area (Å²) in [6, 6.07) is 6.17. The molecule has 0 radical (unpaired) electrons. The van der Waals surface area contributed by atoms with E-state index in [0.29, 0.717) is 0 Å². The molecule has 3 heteroatoms. The number of aliphatic hydroxyl groups excluding tert-OH is 1. The van der Waals surface area contributed by atoms with Crippen LogP contribution < -0.4 is 5.32 Å². The summed E-state index contributed by atoms with van der Waals surface area (Å²) in [6.07, 6.45) is 1.57. The molecule has 1 aromatic rings. The van der Waals surface area contributed by atoms with Gasteiger partial charge in [0.2, 0.25) is 0 Å². The molecule has 1 aliphatic rings. The van der Waals surface area contributed by atoms with Gasteiger partial charge in [0.1, 0.15) is 5.82 Å². The molecule has 0 amide bonds. The molecule has 2 nitrogen and oxygen atoms in total. The zero-order valence-corrected chi connectivity index (χ0v) is 7.91. The SMILES string of the molecule is O[C@H](c1ccc(F)cc1)[C@@H]1CCCN1. The van der Waals surface area contributed by atoms with Crippen molar-refractivity contribution in [3.05, 3.63) is 35.6 Å². The summed E-state index contributed by atoms with van der Waals surface area (Å²) in [4.78, 5) is 0. The number of benzene rings is 1. The maximum atomic E-state index is 12.6. The van der Waals surface area contributed by atoms with Gasteiger partial charge in [-0.2, -0.15) is 0 Å². The van der Waals surface area contributed by atoms with E-state index in [-0.39, 0.29) is 11.9 Å². The minimum Gasteiger partial charge on any atom is -0.387 e. The van der Waals surface area contributed by atoms with Crippen LogP contribution in [0.1, 0.15) is 24.5 Å². The number of rotatable bonds is 2. The molecular weight excluding hydrogens is 181 g/mol. The Balaban J connectivity index is 2.09. The second kappa shape index (κ2) is 4.07. The van der Waals surface area contributed by atoms with E-state index in [4.69, 9.17) is 0 Å². The van der Waals surface area contributed by atoms with E-state index in [1.165, 1.54) is 12.1 Å². The number of aliphatic hydroxyl groups is 1. The monoisotopic (exact) mass is 195 g/mol. The fourth-order valence-corrected chi connectivity index (χ4v) is 1.87. The predicted octanol–water partition coefficient (Wildman–Crippen LogP) is 1.61. The number of hydrogen-bond donors (Lipinski definition) is 2. The molecule has 2 rings (SSSR count). The Morgan fingerprint density at radius 3 is 2.64 bits per heavy atom. The van der Waals surface area contributed by atoms with Gasteiger partial charge in [-0.3, -0.25) is 0 Å². The van der Waals surface area contributed by atoms with Gasteiger partial charge in [0.15, 0.2) is 0 Å². The maximum Gasteiger partial charge on any atom is 0.123 e. The zero-order valence-electron chi connectivity index (χ0n) is 7.91. The van der Waals surface area contributed by atoms with Gasteiger partial charge in [0.25, 0.3) is 0 Å². The van der Waals surface area contributed by atoms with Crippen molar-refractivity contribution in [1.82, 2.24) is 5.32 Å². The Labute approximate surface area is 82.8 Å². The van der Waals surface area contributed by atoms with E-state index >= 15 is 0 Å². The standard InChI is InChI=1S/C11H14FNO/c12-9-5-3-8(4-6-9)11(14)10-2-1-7-13-10/h3-6,10-11,13-14H,1-2,7H2/t10-,11+/m0/s1. The third kappa shape index (κ3) is 1.94. The van der Waals surface area contributed by atoms with Crippen LogP contribution in [-0.4, -0.2) is 17.7 Å². The highest BCUT2D eigenvalue weighted by Crippen LogP contribution is 2.22. The molecule has 0 saturated carbocycles. The number of halogens is 1. The molecule has 14 heavy (non-hydrogen) atoms. The molecule has 1 aliphatic heterocycles. The summed E-state index contributed by atoms with van der Waals surface area (Å²) < 4.78 is 12.6. The van der Waals surface area contributed by atoms with Crippen molar-refractivity contribution >= 4 is 0 Å². The molecule has 2 N–H and O–H groups in total. The van der Waals surface area contributed by atoms with Gasteiger partial charge in [-0.15, -0.1) is 0 Å². The van der Waals surface area contributed by atoms with Crippen molar-refractivity contribution in [1.29, 1.82) is 0 Å². The van der Waals surface area contributed by atoms with Gasteiger partial charge in [0.05, 0.1) is 6.10 Å². The van der Waals surface area contributed by atoms with Gasteiger partial charge in [0, 0.05) is 6.04 Å². The van der Waals surface area contributed by atoms with Crippen molar-refractivity contribution in [2.75, 3.05) is 6.54 Å². The van der Waals surface area contributed by atoms with E-state index < -0.39 is 6.10 Å². The first kappa shape index (κ1) is 9.62. The highest BCUT2D eigenvalue weighted by Gasteiger charge is 2.23. The van der Waals surface area contributed by atoms with E-state index in [1.807, 2.05) is 0 Å². The van der Waals surface area contributed by atoms with Gasteiger partial charge >= 0.3 is 0 Å². The zero-order chi connectivity index (χ0) is 9.97. The Hall–Kier alpha value is -0.930. The second-order valence-electron chi connectivity index (χ2n) is 3.70. The minimum absolute atomic E-state index is 0.125. The van der Waals surface area contributed by atoms with Gasteiger partial charge < -0.3 is 10.4 Å². The molecule has 0 aromatic heterocycles. The molecular formula is C11H14FNO. The molecule has 1 saturated heterocycles.